The Labute approximate surface area is 93.2 Å². The quantitative estimate of drug-likeness (QED) is 0.708. The van der Waals surface area contributed by atoms with Crippen LogP contribution in [0.1, 0.15) is 33.1 Å². The number of nitrogens with one attached hydrogen (secondary N) is 1. The monoisotopic (exact) mass is 212 g/mol. The van der Waals surface area contributed by atoms with Crippen molar-refractivity contribution in [3.05, 3.63) is 0 Å². The molecule has 2 aliphatic heterocycles. The van der Waals surface area contributed by atoms with Crippen molar-refractivity contribution in [1.29, 1.82) is 0 Å². The summed E-state index contributed by atoms with van der Waals surface area (Å²) in [5.74, 6) is 0. The van der Waals surface area contributed by atoms with Crippen molar-refractivity contribution in [3.8, 4) is 0 Å². The molecular weight excluding hydrogens is 188 g/mol. The normalized spacial score (nSPS) is 33.6. The zero-order valence-corrected chi connectivity index (χ0v) is 10.1. The summed E-state index contributed by atoms with van der Waals surface area (Å²) >= 11 is 0. The fraction of sp³-hybridized carbons (Fsp3) is 1.00. The van der Waals surface area contributed by atoms with Gasteiger partial charge in [-0.15, -0.1) is 0 Å². The highest BCUT2D eigenvalue weighted by molar-refractivity contribution is 4.90. The average molecular weight is 212 g/mol. The van der Waals surface area contributed by atoms with Gasteiger partial charge in [0.25, 0.3) is 0 Å². The Morgan fingerprint density at radius 2 is 2.13 bits per heavy atom. The first-order valence-corrected chi connectivity index (χ1v) is 6.25. The third-order valence-corrected chi connectivity index (χ3v) is 3.70. The van der Waals surface area contributed by atoms with E-state index < -0.39 is 0 Å². The van der Waals surface area contributed by atoms with Crippen molar-refractivity contribution < 1.29 is 4.74 Å². The maximum Gasteiger partial charge on any atom is 0.0645 e. The lowest BCUT2D eigenvalue weighted by Gasteiger charge is -2.46. The number of morpholine rings is 1. The minimum atomic E-state index is 0.229. The van der Waals surface area contributed by atoms with Crippen LogP contribution in [0.5, 0.6) is 0 Å². The molecule has 88 valence electrons. The van der Waals surface area contributed by atoms with Gasteiger partial charge in [0.15, 0.2) is 0 Å². The molecule has 0 aliphatic carbocycles. The third kappa shape index (κ3) is 2.71. The van der Waals surface area contributed by atoms with Gasteiger partial charge in [-0.25, -0.2) is 0 Å². The Morgan fingerprint density at radius 3 is 2.93 bits per heavy atom. The molecule has 0 saturated carbocycles. The molecule has 0 amide bonds. The summed E-state index contributed by atoms with van der Waals surface area (Å²) in [5, 5.41) is 3.49. The molecular formula is C12H24N2O. The van der Waals surface area contributed by atoms with Crippen LogP contribution in [0.15, 0.2) is 0 Å². The Kier molecular flexibility index (Phi) is 3.65. The van der Waals surface area contributed by atoms with Crippen molar-refractivity contribution in [1.82, 2.24) is 10.2 Å². The molecule has 3 nitrogen and oxygen atoms in total. The zero-order valence-electron chi connectivity index (χ0n) is 10.1. The first-order chi connectivity index (χ1) is 7.20. The predicted octanol–water partition coefficient (Wildman–Crippen LogP) is 1.24. The van der Waals surface area contributed by atoms with E-state index in [-0.39, 0.29) is 5.54 Å². The Bertz CT molecular complexity index is 198. The van der Waals surface area contributed by atoms with Crippen LogP contribution in [-0.4, -0.2) is 49.3 Å². The topological polar surface area (TPSA) is 24.5 Å². The molecule has 0 aromatic heterocycles. The standard InChI is InChI=1S/C12H24N2O/c1-12(2)10-15-9-8-14(12)11-4-3-6-13-7-5-11/h11,13H,3-10H2,1-2H3. The van der Waals surface area contributed by atoms with Crippen molar-refractivity contribution in [2.24, 2.45) is 0 Å². The summed E-state index contributed by atoms with van der Waals surface area (Å²) in [4.78, 5) is 2.67. The molecule has 1 atom stereocenters. The molecule has 3 heteroatoms. The summed E-state index contributed by atoms with van der Waals surface area (Å²) in [6.45, 7) is 9.90. The van der Waals surface area contributed by atoms with Crippen LogP contribution in [0.3, 0.4) is 0 Å². The molecule has 1 N–H and O–H groups in total. The molecule has 15 heavy (non-hydrogen) atoms. The summed E-state index contributed by atoms with van der Waals surface area (Å²) < 4.78 is 5.58. The molecule has 0 bridgehead atoms. The van der Waals surface area contributed by atoms with Crippen LogP contribution in [0, 0.1) is 0 Å². The maximum absolute atomic E-state index is 5.58. The second kappa shape index (κ2) is 4.81. The highest BCUT2D eigenvalue weighted by atomic mass is 16.5. The molecule has 2 rings (SSSR count). The van der Waals surface area contributed by atoms with Crippen LogP contribution in [0.25, 0.3) is 0 Å². The van der Waals surface area contributed by atoms with Crippen LogP contribution in [-0.2, 0) is 4.74 Å². The SMILES string of the molecule is CC1(C)COCCN1C1CCCNCC1. The van der Waals surface area contributed by atoms with Gasteiger partial charge in [-0.05, 0) is 46.2 Å². The molecule has 2 fully saturated rings. The summed E-state index contributed by atoms with van der Waals surface area (Å²) in [5.41, 5.74) is 0.229. The number of rotatable bonds is 1. The van der Waals surface area contributed by atoms with Gasteiger partial charge in [0, 0.05) is 18.1 Å². The molecule has 0 aromatic carbocycles. The van der Waals surface area contributed by atoms with Crippen molar-refractivity contribution >= 4 is 0 Å². The van der Waals surface area contributed by atoms with Crippen LogP contribution in [0.4, 0.5) is 0 Å². The van der Waals surface area contributed by atoms with E-state index in [1.807, 2.05) is 0 Å². The number of hydrogen-bond acceptors (Lipinski definition) is 3. The van der Waals surface area contributed by atoms with Gasteiger partial charge in [0.05, 0.1) is 13.2 Å². The maximum atomic E-state index is 5.58. The molecule has 0 spiro atoms. The third-order valence-electron chi connectivity index (χ3n) is 3.70. The van der Waals surface area contributed by atoms with Crippen LogP contribution >= 0.6 is 0 Å². The Hall–Kier alpha value is -0.120. The Balaban J connectivity index is 1.99. The highest BCUT2D eigenvalue weighted by Crippen LogP contribution is 2.26. The molecule has 0 aromatic rings. The van der Waals surface area contributed by atoms with Crippen molar-refractivity contribution in [3.63, 3.8) is 0 Å². The van der Waals surface area contributed by atoms with Crippen molar-refractivity contribution in [2.75, 3.05) is 32.8 Å². The van der Waals surface area contributed by atoms with Gasteiger partial charge in [-0.3, -0.25) is 4.90 Å². The molecule has 1 unspecified atom stereocenters. The van der Waals surface area contributed by atoms with E-state index in [2.05, 4.69) is 24.1 Å². The lowest BCUT2D eigenvalue weighted by molar-refractivity contribution is -0.0738. The summed E-state index contributed by atoms with van der Waals surface area (Å²) in [6.07, 6.45) is 3.96. The number of hydrogen-bond donors (Lipinski definition) is 1. The summed E-state index contributed by atoms with van der Waals surface area (Å²) in [7, 11) is 0. The van der Waals surface area contributed by atoms with E-state index in [4.69, 9.17) is 4.74 Å². The predicted molar refractivity (Wildman–Crippen MR) is 62.1 cm³/mol. The van der Waals surface area contributed by atoms with Gasteiger partial charge in [0.1, 0.15) is 0 Å². The molecule has 2 heterocycles. The molecule has 0 radical (unpaired) electrons. The van der Waals surface area contributed by atoms with Gasteiger partial charge in [0.2, 0.25) is 0 Å². The molecule has 2 aliphatic rings. The van der Waals surface area contributed by atoms with E-state index in [0.29, 0.717) is 0 Å². The minimum absolute atomic E-state index is 0.229. The first-order valence-electron chi connectivity index (χ1n) is 6.25. The van der Waals surface area contributed by atoms with Gasteiger partial charge >= 0.3 is 0 Å². The van der Waals surface area contributed by atoms with E-state index in [1.54, 1.807) is 0 Å². The minimum Gasteiger partial charge on any atom is -0.378 e. The number of ether oxygens (including phenoxy) is 1. The van der Waals surface area contributed by atoms with Crippen LogP contribution in [0.2, 0.25) is 0 Å². The summed E-state index contributed by atoms with van der Waals surface area (Å²) in [6, 6.07) is 0.763. The van der Waals surface area contributed by atoms with Crippen LogP contribution < -0.4 is 5.32 Å². The fourth-order valence-electron chi connectivity index (χ4n) is 2.86. The van der Waals surface area contributed by atoms with E-state index >= 15 is 0 Å². The van der Waals surface area contributed by atoms with Gasteiger partial charge in [-0.2, -0.15) is 0 Å². The van der Waals surface area contributed by atoms with Crippen molar-refractivity contribution in [2.45, 2.75) is 44.7 Å². The second-order valence-electron chi connectivity index (χ2n) is 5.39. The average Bonchev–Trinajstić information content (AvgIpc) is 2.45. The Morgan fingerprint density at radius 1 is 1.27 bits per heavy atom. The lowest BCUT2D eigenvalue weighted by Crippen LogP contribution is -2.57. The van der Waals surface area contributed by atoms with Gasteiger partial charge in [-0.1, -0.05) is 0 Å². The van der Waals surface area contributed by atoms with E-state index in [9.17, 15) is 0 Å². The largest absolute Gasteiger partial charge is 0.378 e. The van der Waals surface area contributed by atoms with Gasteiger partial charge < -0.3 is 10.1 Å². The second-order valence-corrected chi connectivity index (χ2v) is 5.39. The number of nitrogens with zero attached hydrogens (tertiary/aromatic N) is 1. The smallest absolute Gasteiger partial charge is 0.0645 e. The zero-order chi connectivity index (χ0) is 10.7. The first kappa shape index (κ1) is 11.4. The lowest BCUT2D eigenvalue weighted by atomic mass is 9.96. The fourth-order valence-corrected chi connectivity index (χ4v) is 2.86. The van der Waals surface area contributed by atoms with E-state index in [1.165, 1.54) is 32.4 Å². The van der Waals surface area contributed by atoms with E-state index in [0.717, 1.165) is 25.8 Å². The molecule has 2 saturated heterocycles. The highest BCUT2D eigenvalue weighted by Gasteiger charge is 2.35.